The summed E-state index contributed by atoms with van der Waals surface area (Å²) in [4.78, 5) is 44.1. The molecule has 25 atom stereocenters. The second-order valence-electron chi connectivity index (χ2n) is 36.4. The van der Waals surface area contributed by atoms with Gasteiger partial charge in [-0.05, 0) is 181 Å². The van der Waals surface area contributed by atoms with Crippen LogP contribution in [0.25, 0.3) is 0 Å². The molecule has 2 amide bonds. The maximum absolute atomic E-state index is 17.3. The number of unbranched alkanes of at least 4 members (excludes halogenated alkanes) is 2. The molecule has 5 saturated heterocycles. The molecule has 105 heavy (non-hydrogen) atoms. The van der Waals surface area contributed by atoms with Crippen molar-refractivity contribution in [2.75, 3.05) is 26.9 Å². The number of methoxy groups -OCH3 is 1. The molecule has 19 heteroatoms. The number of hydrogen-bond acceptors (Lipinski definition) is 17. The minimum Gasteiger partial charge on any atom is -0.444 e. The number of aliphatic hydroxyl groups is 1. The lowest BCUT2D eigenvalue weighted by atomic mass is 9.33. The second kappa shape index (κ2) is 30.4. The van der Waals surface area contributed by atoms with Gasteiger partial charge in [-0.2, -0.15) is 0 Å². The predicted octanol–water partition coefficient (Wildman–Crippen LogP) is 14.5. The molecule has 5 heterocycles. The number of nitrogens with one attached hydrogen (secondary N) is 2. The number of benzene rings is 3. The SMILES string of the molecule is CO[C@H]1C[C@]2(C)C(=CCC3C4(C)CC[C@H](C)[C@](C)(O)[C@@H]4CC[C@@]32C)C2CC(C)(C)CCC21C(=O)OC1([C@@H]2O[C@H](C)C(O[C@@H]3OCC(OCc4ccccc4)C(OCc4ccccc4)C3C)C3OC(C)(C)OC32)OC2C(C)C(NC(=O)CCCCCNC(=O)OC(C)(C)C)[C@H](COCc3ccccc3)O[C@H]21. The van der Waals surface area contributed by atoms with Crippen LogP contribution >= 0.6 is 0 Å². The fourth-order valence-corrected chi connectivity index (χ4v) is 21.5. The molecule has 0 aromatic heterocycles. The average molecular weight is 1460 g/mol. The summed E-state index contributed by atoms with van der Waals surface area (Å²) in [7, 11) is 1.78. The minimum atomic E-state index is -1.97. The van der Waals surface area contributed by atoms with E-state index in [4.69, 9.17) is 61.6 Å². The van der Waals surface area contributed by atoms with E-state index >= 15 is 4.79 Å². The van der Waals surface area contributed by atoms with Crippen LogP contribution in [0.1, 0.15) is 204 Å². The normalized spacial score (nSPS) is 41.6. The highest BCUT2D eigenvalue weighted by atomic mass is 16.8. The summed E-state index contributed by atoms with van der Waals surface area (Å²) in [5.74, 6) is -4.08. The highest BCUT2D eigenvalue weighted by Crippen LogP contribution is 2.76. The molecule has 19 nitrogen and oxygen atoms in total. The van der Waals surface area contributed by atoms with Crippen LogP contribution in [0.3, 0.4) is 0 Å². The molecular formula is C86H124N2O17. The number of carbonyl (C=O) groups is 3. The highest BCUT2D eigenvalue weighted by molar-refractivity contribution is 5.80. The molecule has 3 N–H and O–H groups in total. The predicted molar refractivity (Wildman–Crippen MR) is 395 cm³/mol. The van der Waals surface area contributed by atoms with Gasteiger partial charge in [0.25, 0.3) is 5.79 Å². The van der Waals surface area contributed by atoms with E-state index in [0.29, 0.717) is 57.8 Å². The van der Waals surface area contributed by atoms with E-state index < -0.39 is 126 Å². The zero-order valence-electron chi connectivity index (χ0n) is 65.6. The number of rotatable bonds is 23. The highest BCUT2D eigenvalue weighted by Gasteiger charge is 2.78. The maximum atomic E-state index is 17.3. The lowest BCUT2D eigenvalue weighted by molar-refractivity contribution is -0.466. The Hall–Kier alpha value is -4.87. The first-order valence-corrected chi connectivity index (χ1v) is 39.8. The summed E-state index contributed by atoms with van der Waals surface area (Å²) in [6, 6.07) is 29.6. The van der Waals surface area contributed by atoms with E-state index in [2.05, 4.69) is 91.2 Å². The molecule has 0 bridgehead atoms. The van der Waals surface area contributed by atoms with Crippen LogP contribution in [0.15, 0.2) is 103 Å². The van der Waals surface area contributed by atoms with Crippen LogP contribution in [0.4, 0.5) is 4.79 Å². The molecule has 14 unspecified atom stereocenters. The molecule has 4 saturated carbocycles. The Morgan fingerprint density at radius 2 is 1.32 bits per heavy atom. The van der Waals surface area contributed by atoms with Crippen molar-refractivity contribution in [3.63, 3.8) is 0 Å². The van der Waals surface area contributed by atoms with Crippen molar-refractivity contribution in [1.82, 2.24) is 10.6 Å². The third kappa shape index (κ3) is 15.1. The van der Waals surface area contributed by atoms with Gasteiger partial charge in [-0.15, -0.1) is 0 Å². The van der Waals surface area contributed by atoms with Crippen LogP contribution < -0.4 is 10.6 Å². The Labute approximate surface area is 624 Å². The Morgan fingerprint density at radius 3 is 1.99 bits per heavy atom. The van der Waals surface area contributed by atoms with E-state index in [9.17, 15) is 14.7 Å². The number of ether oxygens (including phenoxy) is 13. The van der Waals surface area contributed by atoms with Crippen LogP contribution in [0, 0.1) is 62.6 Å². The Morgan fingerprint density at radius 1 is 0.676 bits per heavy atom. The number of carbonyl (C=O) groups excluding carboxylic acids is 3. The maximum Gasteiger partial charge on any atom is 0.407 e. The molecule has 3 aromatic rings. The number of hydrogen-bond donors (Lipinski definition) is 3. The number of fused-ring (bicyclic) bond motifs is 9. The summed E-state index contributed by atoms with van der Waals surface area (Å²) >= 11 is 0. The van der Waals surface area contributed by atoms with Crippen molar-refractivity contribution < 1.29 is 81.1 Å². The first-order chi connectivity index (χ1) is 49.8. The van der Waals surface area contributed by atoms with Gasteiger partial charge in [0.15, 0.2) is 24.3 Å². The number of amides is 2. The zero-order chi connectivity index (χ0) is 74.9. The number of allylic oxidation sites excluding steroid dienone is 2. The number of esters is 1. The fraction of sp³-hybridized carbons (Fsp3) is 0.733. The lowest BCUT2D eigenvalue weighted by Crippen LogP contribution is -2.83. The molecule has 0 spiro atoms. The van der Waals surface area contributed by atoms with E-state index in [1.165, 1.54) is 5.57 Å². The summed E-state index contributed by atoms with van der Waals surface area (Å²) in [5, 5.41) is 18.6. The quantitative estimate of drug-likeness (QED) is 0.0457. The Balaban J connectivity index is 0.837. The molecule has 10 aliphatic rings. The van der Waals surface area contributed by atoms with Crippen molar-refractivity contribution in [3.05, 3.63) is 119 Å². The standard InChI is InChI=1S/C86H124N2O17/c1-52-38-40-81(12)63-37-36-59-60-45-79(8,9)42-43-85(60,65(93-16)46-83(59,14)82(63,13)41-39-64(81)84(52,15)92)76(90)104-86(73-69(103-86)53(2)67(61(99-73)50-94-47-56-29-21-17-22-30-56)88-66(89)35-27-20-28-44-87-77(91)105-78(5,6)7)74-72-71(101-80(10,11)102-72)70(55(4)98-74)100-75-54(3)68(96-49-58-33-25-19-26-34-58)62(51-97-75)95-48-57-31-23-18-24-32-57/h17-19,21-26,29-34,36,52-55,60-65,67-75,92H,20,27-28,35,37-51H2,1-16H3,(H,87,91)(H,88,89)/t52-,53?,54?,55+,60?,61-,62?,63?,64+,65-,67?,68?,69?,70?,71?,72?,73+,74+,75-,81?,82-,83+,84-,85?,86?/m0/s1. The van der Waals surface area contributed by atoms with E-state index in [1.54, 1.807) is 7.11 Å². The van der Waals surface area contributed by atoms with Crippen molar-refractivity contribution in [3.8, 4) is 0 Å². The van der Waals surface area contributed by atoms with Crippen LogP contribution in [-0.4, -0.2) is 152 Å². The lowest BCUT2D eigenvalue weighted by Gasteiger charge is -2.72. The monoisotopic (exact) mass is 1460 g/mol. The van der Waals surface area contributed by atoms with Gasteiger partial charge in [0.1, 0.15) is 41.5 Å². The number of alkyl carbamates (subject to hydrolysis) is 1. The van der Waals surface area contributed by atoms with E-state index in [0.717, 1.165) is 61.6 Å². The topological polar surface area (TPSA) is 215 Å². The second-order valence-corrected chi connectivity index (χ2v) is 36.4. The molecule has 580 valence electrons. The molecule has 5 aliphatic carbocycles. The molecular weight excluding hydrogens is 1330 g/mol. The largest absolute Gasteiger partial charge is 0.444 e. The van der Waals surface area contributed by atoms with Crippen molar-refractivity contribution in [2.24, 2.45) is 62.6 Å². The van der Waals surface area contributed by atoms with Crippen molar-refractivity contribution in [2.45, 2.75) is 309 Å². The van der Waals surface area contributed by atoms with Gasteiger partial charge < -0.3 is 77.3 Å². The molecule has 0 radical (unpaired) electrons. The molecule has 9 fully saturated rings. The van der Waals surface area contributed by atoms with Gasteiger partial charge in [-0.3, -0.25) is 9.59 Å². The fourth-order valence-electron chi connectivity index (χ4n) is 21.5. The van der Waals surface area contributed by atoms with Gasteiger partial charge in [0.05, 0.1) is 69.1 Å². The Bertz CT molecular complexity index is 3510. The third-order valence-corrected chi connectivity index (χ3v) is 27.6. The van der Waals surface area contributed by atoms with Crippen molar-refractivity contribution >= 4 is 18.0 Å². The first-order valence-electron chi connectivity index (χ1n) is 39.8. The van der Waals surface area contributed by atoms with Crippen LogP contribution in [0.5, 0.6) is 0 Å². The van der Waals surface area contributed by atoms with E-state index in [-0.39, 0.29) is 77.5 Å². The summed E-state index contributed by atoms with van der Waals surface area (Å²) in [6.45, 7) is 33.5. The van der Waals surface area contributed by atoms with Gasteiger partial charge in [0, 0.05) is 31.9 Å². The zero-order valence-corrected chi connectivity index (χ0v) is 65.6. The van der Waals surface area contributed by atoms with Gasteiger partial charge in [-0.25, -0.2) is 4.79 Å². The van der Waals surface area contributed by atoms with Crippen LogP contribution in [-0.2, 0) is 91.0 Å². The van der Waals surface area contributed by atoms with Gasteiger partial charge >= 0.3 is 12.1 Å². The minimum absolute atomic E-state index is 0.0772. The Kier molecular flexibility index (Phi) is 22.7. The smallest absolute Gasteiger partial charge is 0.407 e. The molecule has 3 aromatic carbocycles. The van der Waals surface area contributed by atoms with Gasteiger partial charge in [-0.1, -0.05) is 164 Å². The molecule has 13 rings (SSSR count). The summed E-state index contributed by atoms with van der Waals surface area (Å²) in [5.41, 5.74) is 1.05. The van der Waals surface area contributed by atoms with Crippen LogP contribution in [0.2, 0.25) is 0 Å². The average Bonchev–Trinajstić information content (AvgIpc) is 1.69. The van der Waals surface area contributed by atoms with Gasteiger partial charge in [0.2, 0.25) is 5.91 Å². The van der Waals surface area contributed by atoms with E-state index in [1.807, 2.05) is 120 Å². The third-order valence-electron chi connectivity index (χ3n) is 27.6. The first kappa shape index (κ1) is 78.3. The summed E-state index contributed by atoms with van der Waals surface area (Å²) in [6.07, 6.45) is 2.50. The van der Waals surface area contributed by atoms with Crippen molar-refractivity contribution in [1.29, 1.82) is 0 Å². The summed E-state index contributed by atoms with van der Waals surface area (Å²) < 4.78 is 91.2. The molecule has 5 aliphatic heterocycles.